The molecule has 0 aliphatic heterocycles. The van der Waals surface area contributed by atoms with Gasteiger partial charge in [-0.15, -0.1) is 10.2 Å². The molecule has 2 aliphatic carbocycles. The molecule has 3 aromatic heterocycles. The molecule has 8 rings (SSSR count). The Morgan fingerprint density at radius 3 is 2.10 bits per heavy atom. The number of hydrogen-bond donors (Lipinski definition) is 3. The first-order valence-electron chi connectivity index (χ1n) is 13.9. The monoisotopic (exact) mass is 540 g/mol. The van der Waals surface area contributed by atoms with Crippen LogP contribution in [0.15, 0.2) is 91.0 Å². The zero-order chi connectivity index (χ0) is 27.8. The molecule has 0 atom stereocenters. The Hall–Kier alpha value is -4.66. The van der Waals surface area contributed by atoms with Crippen LogP contribution in [0.5, 0.6) is 5.75 Å². The number of aliphatic hydroxyl groups is 1. The topological polar surface area (TPSA) is 122 Å². The van der Waals surface area contributed by atoms with Crippen LogP contribution in [0.4, 0.5) is 0 Å². The van der Waals surface area contributed by atoms with E-state index in [1.54, 1.807) is 12.1 Å². The highest BCUT2D eigenvalue weighted by molar-refractivity contribution is 5.87. The Bertz CT molecular complexity index is 1920. The van der Waals surface area contributed by atoms with Gasteiger partial charge in [-0.3, -0.25) is 4.40 Å². The van der Waals surface area contributed by atoms with E-state index in [0.717, 1.165) is 46.5 Å². The van der Waals surface area contributed by atoms with Gasteiger partial charge in [-0.25, -0.2) is 9.97 Å². The van der Waals surface area contributed by atoms with Crippen LogP contribution < -0.4 is 5.73 Å². The van der Waals surface area contributed by atoms with Gasteiger partial charge in [0.15, 0.2) is 17.1 Å². The van der Waals surface area contributed by atoms with Gasteiger partial charge in [-0.1, -0.05) is 54.6 Å². The quantitative estimate of drug-likeness (QED) is 0.265. The number of phenols is 1. The molecule has 0 unspecified atom stereocenters. The van der Waals surface area contributed by atoms with E-state index in [9.17, 15) is 10.2 Å². The average molecular weight is 541 g/mol. The maximum atomic E-state index is 10.9. The highest BCUT2D eigenvalue weighted by atomic mass is 16.3. The van der Waals surface area contributed by atoms with Crippen molar-refractivity contribution in [1.82, 2.24) is 24.6 Å². The molecule has 0 radical (unpaired) electrons. The zero-order valence-electron chi connectivity index (χ0n) is 22.3. The van der Waals surface area contributed by atoms with Crippen LogP contribution in [-0.2, 0) is 5.54 Å². The van der Waals surface area contributed by atoms with Gasteiger partial charge in [0.2, 0.25) is 0 Å². The van der Waals surface area contributed by atoms with Crippen LogP contribution in [0, 0.1) is 5.92 Å². The number of fused-ring (bicyclic) bond motifs is 3. The molecule has 41 heavy (non-hydrogen) atoms. The molecule has 4 N–H and O–H groups in total. The van der Waals surface area contributed by atoms with E-state index in [1.807, 2.05) is 59.0 Å². The molecule has 2 aliphatic rings. The minimum absolute atomic E-state index is 0.186. The molecule has 8 heteroatoms. The second kappa shape index (κ2) is 8.67. The first-order chi connectivity index (χ1) is 19.9. The van der Waals surface area contributed by atoms with E-state index in [-0.39, 0.29) is 5.75 Å². The molecule has 0 spiro atoms. The Kier molecular flexibility index (Phi) is 5.11. The van der Waals surface area contributed by atoms with E-state index in [2.05, 4.69) is 34.5 Å². The van der Waals surface area contributed by atoms with Crippen molar-refractivity contribution in [3.05, 3.63) is 96.6 Å². The predicted octanol–water partition coefficient (Wildman–Crippen LogP) is 5.47. The van der Waals surface area contributed by atoms with Gasteiger partial charge in [0.25, 0.3) is 0 Å². The molecule has 3 aromatic carbocycles. The Morgan fingerprint density at radius 2 is 1.39 bits per heavy atom. The highest BCUT2D eigenvalue weighted by Crippen LogP contribution is 2.57. The third-order valence-corrected chi connectivity index (χ3v) is 8.68. The van der Waals surface area contributed by atoms with Crippen molar-refractivity contribution in [2.45, 2.75) is 36.8 Å². The molecular weight excluding hydrogens is 512 g/mol. The Morgan fingerprint density at radius 1 is 0.732 bits per heavy atom. The van der Waals surface area contributed by atoms with E-state index < -0.39 is 11.1 Å². The number of aromatic hydroxyl groups is 1. The van der Waals surface area contributed by atoms with Crippen molar-refractivity contribution in [2.75, 3.05) is 0 Å². The molecule has 0 bridgehead atoms. The summed E-state index contributed by atoms with van der Waals surface area (Å²) in [4.78, 5) is 10.3. The normalized spacial score (nSPS) is 22.2. The molecule has 2 saturated carbocycles. The van der Waals surface area contributed by atoms with Crippen LogP contribution in [0.25, 0.3) is 50.7 Å². The molecule has 202 valence electrons. The summed E-state index contributed by atoms with van der Waals surface area (Å²) < 4.78 is 1.91. The SMILES string of the molecule is NC1(c2ccc(-c3nc4ccc5nnc(-c6ccc(O)cc6)n5c4nc3-c3ccccc3)cc2)CC(O)(C2CC2)C1. The van der Waals surface area contributed by atoms with Gasteiger partial charge in [0.1, 0.15) is 11.3 Å². The average Bonchev–Trinajstić information content (AvgIpc) is 3.76. The molecule has 2 fully saturated rings. The van der Waals surface area contributed by atoms with Crippen molar-refractivity contribution >= 4 is 16.8 Å². The number of rotatable bonds is 5. The lowest BCUT2D eigenvalue weighted by Gasteiger charge is -2.52. The summed E-state index contributed by atoms with van der Waals surface area (Å²) in [6, 6.07) is 29.0. The fourth-order valence-corrected chi connectivity index (χ4v) is 6.39. The lowest BCUT2D eigenvalue weighted by molar-refractivity contribution is -0.106. The summed E-state index contributed by atoms with van der Waals surface area (Å²) in [6.07, 6.45) is 3.42. The van der Waals surface area contributed by atoms with E-state index in [1.165, 1.54) is 0 Å². The van der Waals surface area contributed by atoms with Gasteiger partial charge >= 0.3 is 0 Å². The highest BCUT2D eigenvalue weighted by Gasteiger charge is 2.58. The number of aromatic nitrogens is 5. The summed E-state index contributed by atoms with van der Waals surface area (Å²) in [5.41, 5.74) is 12.9. The van der Waals surface area contributed by atoms with Crippen LogP contribution in [-0.4, -0.2) is 40.4 Å². The summed E-state index contributed by atoms with van der Waals surface area (Å²) in [7, 11) is 0. The number of benzene rings is 3. The van der Waals surface area contributed by atoms with Crippen LogP contribution >= 0.6 is 0 Å². The molecule has 0 saturated heterocycles. The number of phenolic OH excluding ortho intramolecular Hbond substituents is 1. The molecule has 0 amide bonds. The Labute approximate surface area is 236 Å². The lowest BCUT2D eigenvalue weighted by Crippen LogP contribution is -2.60. The smallest absolute Gasteiger partial charge is 0.170 e. The van der Waals surface area contributed by atoms with Gasteiger partial charge < -0.3 is 15.9 Å². The second-order valence-corrected chi connectivity index (χ2v) is 11.6. The fraction of sp³-hybridized carbons (Fsp3) is 0.212. The van der Waals surface area contributed by atoms with E-state index in [0.29, 0.717) is 41.4 Å². The standard InChI is InChI=1S/C33H28N6O2/c34-32(18-33(41,19-32)24-12-13-24)23-10-6-21(7-11-23)28-29(20-4-2-1-3-5-20)36-31-26(35-28)16-17-27-37-38-30(39(27)31)22-8-14-25(40)15-9-22/h1-11,14-17,24,40-41H,12-13,18-19,34H2. The number of nitrogens with two attached hydrogens (primary N) is 1. The van der Waals surface area contributed by atoms with Gasteiger partial charge in [0, 0.05) is 22.2 Å². The van der Waals surface area contributed by atoms with Crippen molar-refractivity contribution in [2.24, 2.45) is 11.7 Å². The van der Waals surface area contributed by atoms with Gasteiger partial charge in [-0.2, -0.15) is 0 Å². The third-order valence-electron chi connectivity index (χ3n) is 8.68. The van der Waals surface area contributed by atoms with Crippen molar-refractivity contribution in [3.8, 4) is 39.7 Å². The minimum atomic E-state index is -0.607. The summed E-state index contributed by atoms with van der Waals surface area (Å²) in [5, 5.41) is 29.5. The first-order valence-corrected chi connectivity index (χ1v) is 13.9. The van der Waals surface area contributed by atoms with Crippen LogP contribution in [0.3, 0.4) is 0 Å². The second-order valence-electron chi connectivity index (χ2n) is 11.6. The summed E-state index contributed by atoms with van der Waals surface area (Å²) >= 11 is 0. The maximum absolute atomic E-state index is 10.9. The molecule has 6 aromatic rings. The third kappa shape index (κ3) is 3.90. The van der Waals surface area contributed by atoms with E-state index in [4.69, 9.17) is 15.7 Å². The lowest BCUT2D eigenvalue weighted by atomic mass is 9.60. The summed E-state index contributed by atoms with van der Waals surface area (Å²) in [6.45, 7) is 0. The first kappa shape index (κ1) is 24.2. The van der Waals surface area contributed by atoms with Crippen LogP contribution in [0.2, 0.25) is 0 Å². The fourth-order valence-electron chi connectivity index (χ4n) is 6.39. The van der Waals surface area contributed by atoms with Crippen molar-refractivity contribution in [3.63, 3.8) is 0 Å². The minimum Gasteiger partial charge on any atom is -0.508 e. The predicted molar refractivity (Wildman–Crippen MR) is 157 cm³/mol. The largest absolute Gasteiger partial charge is 0.508 e. The van der Waals surface area contributed by atoms with E-state index >= 15 is 0 Å². The number of hydrogen-bond acceptors (Lipinski definition) is 7. The van der Waals surface area contributed by atoms with Crippen molar-refractivity contribution < 1.29 is 10.2 Å². The number of nitrogens with zero attached hydrogens (tertiary/aromatic N) is 5. The molecular formula is C33H28N6O2. The van der Waals surface area contributed by atoms with Crippen LogP contribution in [0.1, 0.15) is 31.2 Å². The van der Waals surface area contributed by atoms with Crippen molar-refractivity contribution in [1.29, 1.82) is 0 Å². The van der Waals surface area contributed by atoms with Gasteiger partial charge in [0.05, 0.1) is 17.0 Å². The molecule has 8 nitrogen and oxygen atoms in total. The number of pyridine rings is 1. The molecule has 3 heterocycles. The Balaban J connectivity index is 1.26. The summed E-state index contributed by atoms with van der Waals surface area (Å²) in [5.74, 6) is 1.22. The zero-order valence-corrected chi connectivity index (χ0v) is 22.3. The maximum Gasteiger partial charge on any atom is 0.170 e. The van der Waals surface area contributed by atoms with Gasteiger partial charge in [-0.05, 0) is 73.6 Å².